The number of benzene rings is 2. The number of carbonyl (C=O) groups is 1. The molecule has 6 nitrogen and oxygen atoms in total. The molecule has 0 radical (unpaired) electrons. The van der Waals surface area contributed by atoms with Gasteiger partial charge in [0.15, 0.2) is 12.4 Å². The normalized spacial score (nSPS) is 10.8. The van der Waals surface area contributed by atoms with Crippen LogP contribution in [0, 0.1) is 20.8 Å². The number of rotatable bonds is 7. The third-order valence-corrected chi connectivity index (χ3v) is 4.17. The number of aryl methyl sites for hydroxylation is 3. The lowest BCUT2D eigenvalue weighted by Crippen LogP contribution is -2.15. The van der Waals surface area contributed by atoms with Crippen LogP contribution < -0.4 is 14.8 Å². The van der Waals surface area contributed by atoms with Gasteiger partial charge in [0.05, 0.1) is 5.69 Å². The molecule has 1 aromatic heterocycles. The first-order valence-electron chi connectivity index (χ1n) is 8.92. The number of hydrogen-bond acceptors (Lipinski definition) is 4. The minimum Gasteiger partial charge on any atom is -0.471 e. The first-order valence-corrected chi connectivity index (χ1v) is 8.92. The van der Waals surface area contributed by atoms with Crippen LogP contribution >= 0.6 is 0 Å². The maximum atomic E-state index is 12.6. The smallest absolute Gasteiger partial charge is 0.387 e. The number of hydrogen-bond donors (Lipinski definition) is 1. The zero-order valence-electron chi connectivity index (χ0n) is 16.3. The molecule has 0 aliphatic rings. The lowest BCUT2D eigenvalue weighted by molar-refractivity contribution is -0.0494. The highest BCUT2D eigenvalue weighted by Gasteiger charge is 2.15. The van der Waals surface area contributed by atoms with Crippen molar-refractivity contribution < 1.29 is 23.0 Å². The number of anilines is 1. The summed E-state index contributed by atoms with van der Waals surface area (Å²) in [5, 5.41) is 6.72. The van der Waals surface area contributed by atoms with Crippen LogP contribution in [0.15, 0.2) is 48.7 Å². The molecule has 3 aromatic rings. The highest BCUT2D eigenvalue weighted by atomic mass is 19.3. The van der Waals surface area contributed by atoms with E-state index in [1.807, 2.05) is 32.0 Å². The molecule has 3 rings (SSSR count). The predicted molar refractivity (Wildman–Crippen MR) is 105 cm³/mol. The van der Waals surface area contributed by atoms with Gasteiger partial charge in [0.25, 0.3) is 5.91 Å². The fraction of sp³-hybridized carbons (Fsp3) is 0.238. The van der Waals surface area contributed by atoms with Crippen molar-refractivity contribution >= 4 is 11.6 Å². The van der Waals surface area contributed by atoms with Crippen LogP contribution in [0.2, 0.25) is 0 Å². The number of nitrogens with one attached hydrogen (secondary N) is 1. The van der Waals surface area contributed by atoms with Crippen LogP contribution in [-0.2, 0) is 6.73 Å². The lowest BCUT2D eigenvalue weighted by atomic mass is 10.1. The zero-order valence-corrected chi connectivity index (χ0v) is 16.3. The van der Waals surface area contributed by atoms with E-state index in [2.05, 4.69) is 15.2 Å². The van der Waals surface area contributed by atoms with Crippen molar-refractivity contribution in [2.24, 2.45) is 0 Å². The SMILES string of the molecule is Cc1ccc(C)c(OCn2ccc(C(=O)Nc3ccc(C)cc3OC(F)F)n2)c1. The second kappa shape index (κ2) is 8.72. The average molecular weight is 401 g/mol. The number of halogens is 2. The Bertz CT molecular complexity index is 1020. The maximum absolute atomic E-state index is 12.6. The summed E-state index contributed by atoms with van der Waals surface area (Å²) in [5.74, 6) is 0.0874. The molecular weight excluding hydrogens is 380 g/mol. The Morgan fingerprint density at radius 2 is 1.76 bits per heavy atom. The van der Waals surface area contributed by atoms with E-state index in [-0.39, 0.29) is 23.9 Å². The minimum atomic E-state index is -2.99. The van der Waals surface area contributed by atoms with Crippen molar-refractivity contribution in [2.45, 2.75) is 34.1 Å². The summed E-state index contributed by atoms with van der Waals surface area (Å²) in [6.07, 6.45) is 1.60. The molecule has 1 amide bonds. The number of nitrogens with zero attached hydrogens (tertiary/aromatic N) is 2. The second-order valence-corrected chi connectivity index (χ2v) is 6.62. The fourth-order valence-corrected chi connectivity index (χ4v) is 2.67. The molecule has 0 atom stereocenters. The van der Waals surface area contributed by atoms with Crippen LogP contribution in [0.1, 0.15) is 27.2 Å². The summed E-state index contributed by atoms with van der Waals surface area (Å²) in [4.78, 5) is 12.5. The quantitative estimate of drug-likeness (QED) is 0.623. The number of ether oxygens (including phenoxy) is 2. The van der Waals surface area contributed by atoms with Gasteiger partial charge in [-0.05, 0) is 61.7 Å². The summed E-state index contributed by atoms with van der Waals surface area (Å²) in [6.45, 7) is 2.79. The molecule has 0 bridgehead atoms. The molecule has 8 heteroatoms. The molecule has 2 aromatic carbocycles. The van der Waals surface area contributed by atoms with E-state index in [0.29, 0.717) is 0 Å². The first-order chi connectivity index (χ1) is 13.8. The molecule has 152 valence electrons. The molecule has 29 heavy (non-hydrogen) atoms. The first kappa shape index (κ1) is 20.3. The summed E-state index contributed by atoms with van der Waals surface area (Å²) in [7, 11) is 0. The predicted octanol–water partition coefficient (Wildman–Crippen LogP) is 4.70. The Kier molecular flexibility index (Phi) is 6.11. The Hall–Kier alpha value is -3.42. The molecule has 1 N–H and O–H groups in total. The number of aromatic nitrogens is 2. The third-order valence-electron chi connectivity index (χ3n) is 4.17. The summed E-state index contributed by atoms with van der Waals surface area (Å²) in [6, 6.07) is 12.0. The Morgan fingerprint density at radius 1 is 1.07 bits per heavy atom. The Morgan fingerprint density at radius 3 is 2.48 bits per heavy atom. The maximum Gasteiger partial charge on any atom is 0.387 e. The largest absolute Gasteiger partial charge is 0.471 e. The van der Waals surface area contributed by atoms with Crippen LogP contribution in [0.3, 0.4) is 0 Å². The van der Waals surface area contributed by atoms with Crippen molar-refractivity contribution in [1.29, 1.82) is 0 Å². The second-order valence-electron chi connectivity index (χ2n) is 6.62. The molecule has 0 aliphatic heterocycles. The van der Waals surface area contributed by atoms with Crippen LogP contribution in [0.5, 0.6) is 11.5 Å². The molecule has 1 heterocycles. The molecular formula is C21H21F2N3O3. The monoisotopic (exact) mass is 401 g/mol. The molecule has 0 spiro atoms. The van der Waals surface area contributed by atoms with E-state index in [9.17, 15) is 13.6 Å². The standard InChI is InChI=1S/C21H21F2N3O3/c1-13-4-6-15(3)18(10-13)28-12-26-9-8-17(25-26)20(27)24-16-7-5-14(2)11-19(16)29-21(22)23/h4-11,21H,12H2,1-3H3,(H,24,27). The van der Waals surface area contributed by atoms with Crippen molar-refractivity contribution in [3.8, 4) is 11.5 Å². The summed E-state index contributed by atoms with van der Waals surface area (Å²) >= 11 is 0. The average Bonchev–Trinajstić information content (AvgIpc) is 3.13. The van der Waals surface area contributed by atoms with Gasteiger partial charge in [-0.3, -0.25) is 4.79 Å². The van der Waals surface area contributed by atoms with Gasteiger partial charge in [0.2, 0.25) is 0 Å². The Labute approximate surface area is 167 Å². The summed E-state index contributed by atoms with van der Waals surface area (Å²) in [5.41, 5.74) is 3.06. The topological polar surface area (TPSA) is 65.4 Å². The van der Waals surface area contributed by atoms with Crippen molar-refractivity contribution in [2.75, 3.05) is 5.32 Å². The van der Waals surface area contributed by atoms with Crippen molar-refractivity contribution in [1.82, 2.24) is 9.78 Å². The molecule has 0 aliphatic carbocycles. The zero-order chi connectivity index (χ0) is 21.0. The van der Waals surface area contributed by atoms with E-state index in [1.165, 1.54) is 22.9 Å². The van der Waals surface area contributed by atoms with Crippen LogP contribution in [0.4, 0.5) is 14.5 Å². The van der Waals surface area contributed by atoms with Crippen LogP contribution in [-0.4, -0.2) is 22.3 Å². The van der Waals surface area contributed by atoms with E-state index in [1.54, 1.807) is 19.2 Å². The highest BCUT2D eigenvalue weighted by molar-refractivity contribution is 6.03. The van der Waals surface area contributed by atoms with Gasteiger partial charge >= 0.3 is 6.61 Å². The van der Waals surface area contributed by atoms with Crippen molar-refractivity contribution in [3.05, 3.63) is 71.0 Å². The van der Waals surface area contributed by atoms with Gasteiger partial charge in [0, 0.05) is 6.20 Å². The van der Waals surface area contributed by atoms with E-state index in [0.717, 1.165) is 22.4 Å². The summed E-state index contributed by atoms with van der Waals surface area (Å²) < 4.78 is 36.9. The van der Waals surface area contributed by atoms with E-state index >= 15 is 0 Å². The lowest BCUT2D eigenvalue weighted by Gasteiger charge is -2.12. The van der Waals surface area contributed by atoms with Gasteiger partial charge in [-0.25, -0.2) is 4.68 Å². The highest BCUT2D eigenvalue weighted by Crippen LogP contribution is 2.27. The molecule has 0 fully saturated rings. The molecule has 0 saturated heterocycles. The number of carbonyl (C=O) groups excluding carboxylic acids is 1. The van der Waals surface area contributed by atoms with Gasteiger partial charge in [-0.2, -0.15) is 13.9 Å². The van der Waals surface area contributed by atoms with Crippen LogP contribution in [0.25, 0.3) is 0 Å². The Balaban J connectivity index is 1.67. The molecule has 0 saturated carbocycles. The van der Waals surface area contributed by atoms with Gasteiger partial charge in [-0.15, -0.1) is 0 Å². The van der Waals surface area contributed by atoms with Gasteiger partial charge < -0.3 is 14.8 Å². The minimum absolute atomic E-state index is 0.106. The van der Waals surface area contributed by atoms with E-state index in [4.69, 9.17) is 4.74 Å². The van der Waals surface area contributed by atoms with E-state index < -0.39 is 12.5 Å². The third kappa shape index (κ3) is 5.31. The van der Waals surface area contributed by atoms with Gasteiger partial charge in [0.1, 0.15) is 11.5 Å². The number of amides is 1. The molecule has 0 unspecified atom stereocenters. The fourth-order valence-electron chi connectivity index (χ4n) is 2.67. The van der Waals surface area contributed by atoms with Crippen molar-refractivity contribution in [3.63, 3.8) is 0 Å². The van der Waals surface area contributed by atoms with Gasteiger partial charge in [-0.1, -0.05) is 18.2 Å². The number of alkyl halides is 2.